The molecule has 3 heterocycles. The van der Waals surface area contributed by atoms with E-state index in [0.717, 1.165) is 0 Å². The highest BCUT2D eigenvalue weighted by molar-refractivity contribution is 7.20. The lowest BCUT2D eigenvalue weighted by Crippen LogP contribution is -2.17. The van der Waals surface area contributed by atoms with E-state index in [9.17, 15) is 14.4 Å². The van der Waals surface area contributed by atoms with Gasteiger partial charge in [0.1, 0.15) is 4.83 Å². The highest BCUT2D eigenvalue weighted by Gasteiger charge is 2.19. The lowest BCUT2D eigenvalue weighted by atomic mass is 10.2. The van der Waals surface area contributed by atoms with Crippen LogP contribution in [-0.2, 0) is 7.05 Å². The molecule has 0 spiro atoms. The van der Waals surface area contributed by atoms with Gasteiger partial charge in [-0.3, -0.25) is 14.6 Å². The number of aromatic amines is 1. The van der Waals surface area contributed by atoms with Crippen molar-refractivity contribution >= 4 is 44.2 Å². The summed E-state index contributed by atoms with van der Waals surface area (Å²) < 4.78 is 6.31. The van der Waals surface area contributed by atoms with Crippen molar-refractivity contribution in [2.45, 2.75) is 6.92 Å². The van der Waals surface area contributed by atoms with Crippen LogP contribution in [-0.4, -0.2) is 20.4 Å². The minimum absolute atomic E-state index is 0.185. The van der Waals surface area contributed by atoms with Gasteiger partial charge in [0.15, 0.2) is 5.58 Å². The van der Waals surface area contributed by atoms with Crippen molar-refractivity contribution in [2.75, 3.05) is 5.32 Å². The van der Waals surface area contributed by atoms with Gasteiger partial charge in [0.2, 0.25) is 0 Å². The standard InChI is InChI=1S/C16H12N4O4S/c1-7-11-14(17-6-20(2)15(11)22)25-12(7)13(21)18-8-3-4-10-9(5-8)19-16(23)24-10/h3-6H,1-2H3,(H,18,21)(H,19,23). The number of thiophene rings is 1. The molecule has 0 radical (unpaired) electrons. The third kappa shape index (κ3) is 2.45. The van der Waals surface area contributed by atoms with Crippen molar-refractivity contribution in [1.82, 2.24) is 14.5 Å². The molecular weight excluding hydrogens is 344 g/mol. The largest absolute Gasteiger partial charge is 0.417 e. The minimum Gasteiger partial charge on any atom is -0.408 e. The van der Waals surface area contributed by atoms with Gasteiger partial charge in [-0.05, 0) is 30.7 Å². The second-order valence-electron chi connectivity index (χ2n) is 5.58. The maximum absolute atomic E-state index is 12.6. The zero-order valence-electron chi connectivity index (χ0n) is 13.2. The van der Waals surface area contributed by atoms with Crippen LogP contribution in [0.25, 0.3) is 21.3 Å². The Morgan fingerprint density at radius 1 is 1.36 bits per heavy atom. The molecule has 0 aliphatic carbocycles. The van der Waals surface area contributed by atoms with Crippen molar-refractivity contribution in [3.05, 3.63) is 55.9 Å². The number of oxazole rings is 1. The molecule has 0 fully saturated rings. The van der Waals surface area contributed by atoms with Crippen LogP contribution in [0.5, 0.6) is 0 Å². The van der Waals surface area contributed by atoms with Gasteiger partial charge in [-0.25, -0.2) is 9.78 Å². The normalized spacial score (nSPS) is 11.3. The summed E-state index contributed by atoms with van der Waals surface area (Å²) in [5, 5.41) is 3.22. The third-order valence-electron chi connectivity index (χ3n) is 3.89. The summed E-state index contributed by atoms with van der Waals surface area (Å²) in [5.74, 6) is -0.895. The molecule has 0 aliphatic rings. The van der Waals surface area contributed by atoms with Gasteiger partial charge >= 0.3 is 5.76 Å². The topological polar surface area (TPSA) is 110 Å². The van der Waals surface area contributed by atoms with Crippen LogP contribution in [0.2, 0.25) is 0 Å². The number of anilines is 1. The first-order valence-corrected chi connectivity index (χ1v) is 8.14. The Labute approximate surface area is 143 Å². The number of benzene rings is 1. The maximum Gasteiger partial charge on any atom is 0.417 e. The van der Waals surface area contributed by atoms with Gasteiger partial charge in [-0.1, -0.05) is 0 Å². The quantitative estimate of drug-likeness (QED) is 0.571. The number of aryl methyl sites for hydroxylation is 2. The van der Waals surface area contributed by atoms with E-state index in [-0.39, 0.29) is 11.5 Å². The predicted molar refractivity (Wildman–Crippen MR) is 94.4 cm³/mol. The molecule has 8 nitrogen and oxygen atoms in total. The first-order chi connectivity index (χ1) is 11.9. The fourth-order valence-electron chi connectivity index (χ4n) is 2.64. The fraction of sp³-hybridized carbons (Fsp3) is 0.125. The number of H-pyrrole nitrogens is 1. The van der Waals surface area contributed by atoms with E-state index in [0.29, 0.717) is 37.4 Å². The Morgan fingerprint density at radius 3 is 2.96 bits per heavy atom. The molecule has 2 N–H and O–H groups in total. The van der Waals surface area contributed by atoms with Gasteiger partial charge in [0.05, 0.1) is 22.1 Å². The molecule has 0 saturated carbocycles. The molecule has 0 aliphatic heterocycles. The molecule has 0 unspecified atom stereocenters. The fourth-order valence-corrected chi connectivity index (χ4v) is 3.68. The Bertz CT molecular complexity index is 1260. The van der Waals surface area contributed by atoms with E-state index < -0.39 is 5.76 Å². The molecule has 4 rings (SSSR count). The summed E-state index contributed by atoms with van der Waals surface area (Å²) >= 11 is 1.17. The summed E-state index contributed by atoms with van der Waals surface area (Å²) in [5.41, 5.74) is 1.83. The van der Waals surface area contributed by atoms with Crippen molar-refractivity contribution in [1.29, 1.82) is 0 Å². The van der Waals surface area contributed by atoms with E-state index >= 15 is 0 Å². The van der Waals surface area contributed by atoms with Crippen LogP contribution in [0.4, 0.5) is 5.69 Å². The number of carbonyl (C=O) groups is 1. The van der Waals surface area contributed by atoms with Crippen LogP contribution >= 0.6 is 11.3 Å². The van der Waals surface area contributed by atoms with Crippen molar-refractivity contribution in [3.63, 3.8) is 0 Å². The average Bonchev–Trinajstić information content (AvgIpc) is 3.10. The minimum atomic E-state index is -0.555. The Kier molecular flexibility index (Phi) is 3.32. The molecule has 25 heavy (non-hydrogen) atoms. The van der Waals surface area contributed by atoms with Crippen molar-refractivity contribution in [3.8, 4) is 0 Å². The number of amides is 1. The zero-order chi connectivity index (χ0) is 17.7. The summed E-state index contributed by atoms with van der Waals surface area (Å²) in [7, 11) is 1.62. The highest BCUT2D eigenvalue weighted by Crippen LogP contribution is 2.27. The lowest BCUT2D eigenvalue weighted by Gasteiger charge is -2.04. The molecule has 0 atom stereocenters. The van der Waals surface area contributed by atoms with Crippen molar-refractivity contribution in [2.24, 2.45) is 7.05 Å². The molecule has 3 aromatic heterocycles. The third-order valence-corrected chi connectivity index (χ3v) is 5.09. The average molecular weight is 356 g/mol. The number of aromatic nitrogens is 3. The molecular formula is C16H12N4O4S. The molecule has 126 valence electrons. The van der Waals surface area contributed by atoms with E-state index in [4.69, 9.17) is 4.42 Å². The lowest BCUT2D eigenvalue weighted by molar-refractivity contribution is 0.103. The molecule has 0 bridgehead atoms. The van der Waals surface area contributed by atoms with E-state index in [1.807, 2.05) is 0 Å². The van der Waals surface area contributed by atoms with Gasteiger partial charge in [-0.15, -0.1) is 11.3 Å². The smallest absolute Gasteiger partial charge is 0.408 e. The van der Waals surface area contributed by atoms with Crippen LogP contribution in [0.3, 0.4) is 0 Å². The first-order valence-electron chi connectivity index (χ1n) is 7.33. The SMILES string of the molecule is Cc1c(C(=O)Nc2ccc3oc(=O)[nH]c3c2)sc2ncn(C)c(=O)c12. The Morgan fingerprint density at radius 2 is 2.16 bits per heavy atom. The summed E-state index contributed by atoms with van der Waals surface area (Å²) in [6, 6.07) is 4.84. The number of hydrogen-bond donors (Lipinski definition) is 2. The highest BCUT2D eigenvalue weighted by atomic mass is 32.1. The Balaban J connectivity index is 1.74. The molecule has 1 aromatic carbocycles. The van der Waals surface area contributed by atoms with Crippen LogP contribution in [0, 0.1) is 6.92 Å². The molecule has 1 amide bonds. The summed E-state index contributed by atoms with van der Waals surface area (Å²) in [6.45, 7) is 1.73. The van der Waals surface area contributed by atoms with Gasteiger partial charge < -0.3 is 14.3 Å². The van der Waals surface area contributed by atoms with E-state index in [1.54, 1.807) is 32.2 Å². The van der Waals surface area contributed by atoms with Crippen LogP contribution in [0.1, 0.15) is 15.2 Å². The molecule has 4 aromatic rings. The maximum atomic E-state index is 12.6. The summed E-state index contributed by atoms with van der Waals surface area (Å²) in [6.07, 6.45) is 1.44. The number of carbonyl (C=O) groups excluding carboxylic acids is 1. The van der Waals surface area contributed by atoms with Gasteiger partial charge in [-0.2, -0.15) is 0 Å². The zero-order valence-corrected chi connectivity index (χ0v) is 14.1. The molecule has 9 heteroatoms. The summed E-state index contributed by atoms with van der Waals surface area (Å²) in [4.78, 5) is 43.7. The molecule has 0 saturated heterocycles. The number of nitrogens with one attached hydrogen (secondary N) is 2. The first kappa shape index (κ1) is 15.3. The number of rotatable bonds is 2. The Hall–Kier alpha value is -3.20. The second-order valence-corrected chi connectivity index (χ2v) is 6.58. The van der Waals surface area contributed by atoms with Crippen LogP contribution in [0.15, 0.2) is 38.5 Å². The van der Waals surface area contributed by atoms with Gasteiger partial charge in [0, 0.05) is 12.7 Å². The monoisotopic (exact) mass is 356 g/mol. The number of hydrogen-bond acceptors (Lipinski definition) is 6. The van der Waals surface area contributed by atoms with E-state index in [2.05, 4.69) is 15.3 Å². The van der Waals surface area contributed by atoms with E-state index in [1.165, 1.54) is 22.2 Å². The number of fused-ring (bicyclic) bond motifs is 2. The van der Waals surface area contributed by atoms with Crippen LogP contribution < -0.4 is 16.6 Å². The van der Waals surface area contributed by atoms with Gasteiger partial charge in [0.25, 0.3) is 11.5 Å². The predicted octanol–water partition coefficient (Wildman–Crippen LogP) is 1.99. The number of nitrogens with zero attached hydrogens (tertiary/aromatic N) is 2. The second kappa shape index (κ2) is 5.42. The van der Waals surface area contributed by atoms with Crippen molar-refractivity contribution < 1.29 is 9.21 Å².